The number of hydrogen-bond acceptors (Lipinski definition) is 4. The summed E-state index contributed by atoms with van der Waals surface area (Å²) in [5, 5.41) is 1.33. The molecule has 0 heterocycles. The van der Waals surface area contributed by atoms with Crippen LogP contribution in [0.15, 0.2) is 34.8 Å². The fourth-order valence-corrected chi connectivity index (χ4v) is 2.96. The average molecular weight is 347 g/mol. The van der Waals surface area contributed by atoms with Crippen LogP contribution in [0.1, 0.15) is 20.7 Å². The van der Waals surface area contributed by atoms with Crippen molar-refractivity contribution in [1.82, 2.24) is 0 Å². The third-order valence-corrected chi connectivity index (χ3v) is 4.10. The van der Waals surface area contributed by atoms with E-state index in [4.69, 9.17) is 9.47 Å². The Morgan fingerprint density at radius 1 is 0.952 bits per heavy atom. The van der Waals surface area contributed by atoms with Crippen LogP contribution in [0.2, 0.25) is 0 Å². The lowest BCUT2D eigenvalue weighted by Gasteiger charge is -2.17. The lowest BCUT2D eigenvalue weighted by Crippen LogP contribution is -2.15. The van der Waals surface area contributed by atoms with E-state index in [1.807, 2.05) is 0 Å². The van der Waals surface area contributed by atoms with Gasteiger partial charge in [-0.2, -0.15) is 0 Å². The van der Waals surface area contributed by atoms with E-state index in [1.165, 1.54) is 13.2 Å². The number of halogens is 1. The molecule has 1 aliphatic rings. The summed E-state index contributed by atoms with van der Waals surface area (Å²) in [6.07, 6.45) is 1.29. The van der Waals surface area contributed by atoms with Crippen LogP contribution in [0.5, 0.6) is 11.5 Å². The smallest absolute Gasteiger partial charge is 0.201 e. The number of ether oxygens (including phenoxy) is 2. The number of Topliss-reactive ketones (excluding diaryl/α,β-unsaturated/α-hetero) is 1. The van der Waals surface area contributed by atoms with Gasteiger partial charge in [-0.15, -0.1) is 0 Å². The van der Waals surface area contributed by atoms with Crippen LogP contribution in [-0.4, -0.2) is 25.8 Å². The summed E-state index contributed by atoms with van der Waals surface area (Å²) >= 11 is 3.15. The molecule has 106 valence electrons. The van der Waals surface area contributed by atoms with E-state index in [9.17, 15) is 9.59 Å². The molecule has 0 saturated heterocycles. The Bertz CT molecular complexity index is 821. The second kappa shape index (κ2) is 5.00. The normalized spacial score (nSPS) is 14.0. The van der Waals surface area contributed by atoms with Gasteiger partial charge in [0.05, 0.1) is 18.7 Å². The van der Waals surface area contributed by atoms with Crippen LogP contribution in [0.4, 0.5) is 0 Å². The first kappa shape index (κ1) is 13.8. The molecule has 2 aromatic rings. The molecular weight excluding hydrogens is 336 g/mol. The van der Waals surface area contributed by atoms with E-state index in [0.29, 0.717) is 28.0 Å². The molecule has 0 radical (unpaired) electrons. The minimum Gasteiger partial charge on any atom is -0.496 e. The van der Waals surface area contributed by atoms with Gasteiger partial charge in [-0.3, -0.25) is 9.59 Å². The first-order chi connectivity index (χ1) is 10.1. The number of ketones is 2. The fourth-order valence-electron chi connectivity index (χ4n) is 2.56. The lowest BCUT2D eigenvalue weighted by molar-refractivity contribution is 0.0993. The second-order valence-electron chi connectivity index (χ2n) is 4.57. The maximum Gasteiger partial charge on any atom is 0.201 e. The third kappa shape index (κ3) is 1.96. The maximum atomic E-state index is 12.5. The number of hydrogen-bond donors (Lipinski definition) is 0. The summed E-state index contributed by atoms with van der Waals surface area (Å²) in [5.41, 5.74) is 0.727. The van der Waals surface area contributed by atoms with E-state index in [2.05, 4.69) is 15.9 Å². The van der Waals surface area contributed by atoms with Crippen LogP contribution in [0.25, 0.3) is 10.8 Å². The fraction of sp³-hybridized carbons (Fsp3) is 0.125. The minimum atomic E-state index is -0.234. The highest BCUT2D eigenvalue weighted by atomic mass is 79.9. The molecule has 0 bridgehead atoms. The third-order valence-electron chi connectivity index (χ3n) is 3.51. The van der Waals surface area contributed by atoms with Crippen molar-refractivity contribution in [1.29, 1.82) is 0 Å². The quantitative estimate of drug-likeness (QED) is 0.834. The van der Waals surface area contributed by atoms with Crippen molar-refractivity contribution < 1.29 is 19.1 Å². The molecule has 0 spiro atoms. The lowest BCUT2D eigenvalue weighted by atomic mass is 9.89. The second-order valence-corrected chi connectivity index (χ2v) is 5.42. The summed E-state index contributed by atoms with van der Waals surface area (Å²) in [4.78, 5) is 24.6. The molecule has 0 atom stereocenters. The number of rotatable bonds is 2. The molecule has 4 nitrogen and oxygen atoms in total. The van der Waals surface area contributed by atoms with Crippen molar-refractivity contribution in [2.24, 2.45) is 0 Å². The zero-order valence-corrected chi connectivity index (χ0v) is 13.0. The molecular formula is C16H11BrO4. The monoisotopic (exact) mass is 346 g/mol. The molecule has 2 aromatic carbocycles. The Labute approximate surface area is 129 Å². The molecule has 0 N–H and O–H groups in total. The van der Waals surface area contributed by atoms with E-state index in [1.54, 1.807) is 31.4 Å². The average Bonchev–Trinajstić information content (AvgIpc) is 2.50. The van der Waals surface area contributed by atoms with Gasteiger partial charge in [0.2, 0.25) is 5.78 Å². The number of fused-ring (bicyclic) bond motifs is 3. The largest absolute Gasteiger partial charge is 0.496 e. The van der Waals surface area contributed by atoms with Crippen molar-refractivity contribution in [2.45, 2.75) is 0 Å². The summed E-state index contributed by atoms with van der Waals surface area (Å²) in [7, 11) is 3.09. The van der Waals surface area contributed by atoms with Gasteiger partial charge in [-0.1, -0.05) is 0 Å². The number of allylic oxidation sites excluding steroid dienone is 2. The van der Waals surface area contributed by atoms with Gasteiger partial charge in [-0.25, -0.2) is 0 Å². The first-order valence-corrected chi connectivity index (χ1v) is 7.01. The van der Waals surface area contributed by atoms with Gasteiger partial charge < -0.3 is 9.47 Å². The highest BCUT2D eigenvalue weighted by Crippen LogP contribution is 2.39. The van der Waals surface area contributed by atoms with Gasteiger partial charge in [0, 0.05) is 28.0 Å². The Morgan fingerprint density at radius 3 is 2.29 bits per heavy atom. The maximum absolute atomic E-state index is 12.5. The standard InChI is InChI=1S/C16H11BrO4/c1-20-12-5-6-13(21-2)14-9(12)4-3-8-11(18)7-10(17)16(19)15(8)14/h3-7H,1-2H3. The summed E-state index contributed by atoms with van der Waals surface area (Å²) < 4.78 is 10.9. The molecule has 0 aromatic heterocycles. The highest BCUT2D eigenvalue weighted by Gasteiger charge is 2.28. The Kier molecular flexibility index (Phi) is 3.29. The summed E-state index contributed by atoms with van der Waals surface area (Å²) in [6, 6.07) is 6.92. The van der Waals surface area contributed by atoms with Gasteiger partial charge >= 0.3 is 0 Å². The predicted molar refractivity (Wildman–Crippen MR) is 82.7 cm³/mol. The summed E-state index contributed by atoms with van der Waals surface area (Å²) in [5.74, 6) is 0.718. The van der Waals surface area contributed by atoms with Crippen LogP contribution >= 0.6 is 15.9 Å². The molecule has 0 amide bonds. The van der Waals surface area contributed by atoms with Crippen molar-refractivity contribution in [3.8, 4) is 11.5 Å². The van der Waals surface area contributed by atoms with Crippen LogP contribution in [-0.2, 0) is 0 Å². The van der Waals surface area contributed by atoms with Gasteiger partial charge in [0.1, 0.15) is 11.5 Å². The number of carbonyl (C=O) groups is 2. The zero-order valence-electron chi connectivity index (χ0n) is 11.4. The first-order valence-electron chi connectivity index (χ1n) is 6.22. The Hall–Kier alpha value is -2.14. The molecule has 21 heavy (non-hydrogen) atoms. The molecule has 0 saturated carbocycles. The van der Waals surface area contributed by atoms with Gasteiger partial charge in [-0.05, 0) is 40.2 Å². The minimum absolute atomic E-state index is 0.205. The number of carbonyl (C=O) groups excluding carboxylic acids is 2. The Balaban J connectivity index is 2.49. The summed E-state index contributed by atoms with van der Waals surface area (Å²) in [6.45, 7) is 0. The van der Waals surface area contributed by atoms with E-state index in [0.717, 1.165) is 5.39 Å². The topological polar surface area (TPSA) is 52.6 Å². The van der Waals surface area contributed by atoms with Crippen molar-refractivity contribution in [3.63, 3.8) is 0 Å². The van der Waals surface area contributed by atoms with E-state index >= 15 is 0 Å². The molecule has 0 unspecified atom stereocenters. The Morgan fingerprint density at radius 2 is 1.62 bits per heavy atom. The van der Waals surface area contributed by atoms with Crippen molar-refractivity contribution >= 4 is 38.3 Å². The van der Waals surface area contributed by atoms with Gasteiger partial charge in [0.15, 0.2) is 5.78 Å². The van der Waals surface area contributed by atoms with E-state index in [-0.39, 0.29) is 16.0 Å². The van der Waals surface area contributed by atoms with Crippen LogP contribution < -0.4 is 9.47 Å². The van der Waals surface area contributed by atoms with Gasteiger partial charge in [0.25, 0.3) is 0 Å². The predicted octanol–water partition coefficient (Wildman–Crippen LogP) is 3.51. The highest BCUT2D eigenvalue weighted by molar-refractivity contribution is 9.12. The molecule has 1 aliphatic carbocycles. The van der Waals surface area contributed by atoms with E-state index < -0.39 is 0 Å². The zero-order chi connectivity index (χ0) is 15.1. The SMILES string of the molecule is COc1ccc(OC)c2c3c(ccc12)C(=O)C=C(Br)C3=O. The van der Waals surface area contributed by atoms with Crippen molar-refractivity contribution in [3.05, 3.63) is 46.0 Å². The molecule has 0 aliphatic heterocycles. The molecule has 3 rings (SSSR count). The number of benzene rings is 2. The number of methoxy groups -OCH3 is 2. The molecule has 0 fully saturated rings. The van der Waals surface area contributed by atoms with Crippen LogP contribution in [0, 0.1) is 0 Å². The molecule has 5 heteroatoms. The van der Waals surface area contributed by atoms with Crippen LogP contribution in [0.3, 0.4) is 0 Å². The van der Waals surface area contributed by atoms with Crippen molar-refractivity contribution in [2.75, 3.05) is 14.2 Å².